The summed E-state index contributed by atoms with van der Waals surface area (Å²) in [7, 11) is 0. The van der Waals surface area contributed by atoms with E-state index in [-0.39, 0.29) is 18.1 Å². The van der Waals surface area contributed by atoms with E-state index in [0.717, 1.165) is 36.0 Å². The number of anilines is 2. The van der Waals surface area contributed by atoms with Gasteiger partial charge in [0.05, 0.1) is 5.69 Å². The van der Waals surface area contributed by atoms with E-state index in [2.05, 4.69) is 27.4 Å². The molecule has 2 fully saturated rings. The number of rotatable bonds is 3. The van der Waals surface area contributed by atoms with Crippen molar-refractivity contribution in [1.29, 1.82) is 0 Å². The fraction of sp³-hybridized carbons (Fsp3) is 0.476. The Balaban J connectivity index is 1.22. The lowest BCUT2D eigenvalue weighted by Gasteiger charge is -2.35. The fourth-order valence-electron chi connectivity index (χ4n) is 3.74. The number of benzene rings is 1. The van der Waals surface area contributed by atoms with Crippen LogP contribution in [0.25, 0.3) is 0 Å². The zero-order valence-corrected chi connectivity index (χ0v) is 18.2. The van der Waals surface area contributed by atoms with E-state index >= 15 is 0 Å². The average molecular weight is 429 g/mol. The highest BCUT2D eigenvalue weighted by Crippen LogP contribution is 2.26. The highest BCUT2D eigenvalue weighted by Gasteiger charge is 2.30. The molecule has 0 radical (unpaired) electrons. The summed E-state index contributed by atoms with van der Waals surface area (Å²) in [6.07, 6.45) is 0.769. The molecule has 0 saturated carbocycles. The number of piperazine rings is 1. The SMILES string of the molecule is Cc1nc(N2CCN(C(=O)NC3CCN(C(=O)Nc4ccccc4)C3)CC2)sc1C. The summed E-state index contributed by atoms with van der Waals surface area (Å²) in [5, 5.41) is 7.04. The monoisotopic (exact) mass is 428 g/mol. The average Bonchev–Trinajstić information content (AvgIpc) is 3.35. The predicted octanol–water partition coefficient (Wildman–Crippen LogP) is 2.90. The van der Waals surface area contributed by atoms with E-state index in [9.17, 15) is 9.59 Å². The van der Waals surface area contributed by atoms with E-state index in [1.54, 1.807) is 16.2 Å². The number of nitrogens with zero attached hydrogens (tertiary/aromatic N) is 4. The summed E-state index contributed by atoms with van der Waals surface area (Å²) >= 11 is 1.71. The molecule has 2 aromatic rings. The quantitative estimate of drug-likeness (QED) is 0.788. The number of hydrogen-bond acceptors (Lipinski definition) is 5. The number of urea groups is 2. The molecule has 1 aromatic heterocycles. The Hall–Kier alpha value is -2.81. The molecule has 0 bridgehead atoms. The van der Waals surface area contributed by atoms with E-state index in [4.69, 9.17) is 0 Å². The summed E-state index contributed by atoms with van der Waals surface area (Å²) in [6, 6.07) is 9.23. The van der Waals surface area contributed by atoms with Crippen molar-refractivity contribution in [1.82, 2.24) is 20.1 Å². The number of carbonyl (C=O) groups is 2. The van der Waals surface area contributed by atoms with Crippen molar-refractivity contribution in [3.05, 3.63) is 40.9 Å². The van der Waals surface area contributed by atoms with Gasteiger partial charge >= 0.3 is 12.1 Å². The molecule has 0 aliphatic carbocycles. The van der Waals surface area contributed by atoms with E-state index in [0.29, 0.717) is 26.2 Å². The smallest absolute Gasteiger partial charge is 0.321 e. The number of aromatic nitrogens is 1. The normalized spacial score (nSPS) is 19.1. The predicted molar refractivity (Wildman–Crippen MR) is 119 cm³/mol. The molecule has 1 atom stereocenters. The van der Waals surface area contributed by atoms with Crippen molar-refractivity contribution >= 4 is 34.2 Å². The molecular formula is C21H28N6O2S. The summed E-state index contributed by atoms with van der Waals surface area (Å²) in [6.45, 7) is 8.21. The molecular weight excluding hydrogens is 400 g/mol. The maximum Gasteiger partial charge on any atom is 0.321 e. The second-order valence-corrected chi connectivity index (χ2v) is 8.97. The van der Waals surface area contributed by atoms with Crippen LogP contribution in [0, 0.1) is 13.8 Å². The Morgan fingerprint density at radius 2 is 1.73 bits per heavy atom. The Morgan fingerprint density at radius 3 is 2.40 bits per heavy atom. The fourth-order valence-corrected chi connectivity index (χ4v) is 4.71. The van der Waals surface area contributed by atoms with Gasteiger partial charge in [-0.15, -0.1) is 11.3 Å². The molecule has 2 saturated heterocycles. The van der Waals surface area contributed by atoms with Crippen molar-refractivity contribution in [2.24, 2.45) is 0 Å². The first-order valence-corrected chi connectivity index (χ1v) is 11.2. The minimum atomic E-state index is -0.124. The molecule has 4 amide bonds. The molecule has 3 heterocycles. The number of hydrogen-bond donors (Lipinski definition) is 2. The van der Waals surface area contributed by atoms with E-state index in [1.807, 2.05) is 42.2 Å². The third kappa shape index (κ3) is 4.67. The topological polar surface area (TPSA) is 80.8 Å². The van der Waals surface area contributed by atoms with Gasteiger partial charge in [-0.2, -0.15) is 0 Å². The molecule has 2 aliphatic heterocycles. The first-order chi connectivity index (χ1) is 14.5. The van der Waals surface area contributed by atoms with Gasteiger partial charge in [-0.1, -0.05) is 18.2 Å². The van der Waals surface area contributed by atoms with Crippen LogP contribution in [0.3, 0.4) is 0 Å². The zero-order chi connectivity index (χ0) is 21.1. The van der Waals surface area contributed by atoms with E-state index < -0.39 is 0 Å². The molecule has 0 spiro atoms. The van der Waals surface area contributed by atoms with Gasteiger partial charge in [0.1, 0.15) is 0 Å². The number of thiazole rings is 1. The van der Waals surface area contributed by atoms with Crippen LogP contribution in [0.5, 0.6) is 0 Å². The summed E-state index contributed by atoms with van der Waals surface area (Å²) < 4.78 is 0. The van der Waals surface area contributed by atoms with Crippen molar-refractivity contribution in [3.63, 3.8) is 0 Å². The van der Waals surface area contributed by atoms with Crippen LogP contribution in [0.4, 0.5) is 20.4 Å². The maximum atomic E-state index is 12.7. The standard InChI is InChI=1S/C21H28N6O2S/c1-15-16(2)30-21(22-15)26-12-10-25(11-13-26)19(28)24-18-8-9-27(14-18)20(29)23-17-6-4-3-5-7-17/h3-7,18H,8-14H2,1-2H3,(H,23,29)(H,24,28). The Bertz CT molecular complexity index is 875. The second-order valence-electron chi connectivity index (χ2n) is 7.79. The summed E-state index contributed by atoms with van der Waals surface area (Å²) in [5.74, 6) is 0. The number of amides is 4. The van der Waals surface area contributed by atoms with Crippen LogP contribution >= 0.6 is 11.3 Å². The minimum Gasteiger partial charge on any atom is -0.345 e. The number of para-hydroxylation sites is 1. The highest BCUT2D eigenvalue weighted by atomic mass is 32.1. The molecule has 1 aromatic carbocycles. The van der Waals surface area contributed by atoms with Crippen molar-refractivity contribution in [2.75, 3.05) is 49.5 Å². The Labute approximate surface area is 180 Å². The Kier molecular flexibility index (Phi) is 6.08. The van der Waals surface area contributed by atoms with Crippen LogP contribution in [0.2, 0.25) is 0 Å². The van der Waals surface area contributed by atoms with Crippen molar-refractivity contribution < 1.29 is 9.59 Å². The second kappa shape index (κ2) is 8.91. The van der Waals surface area contributed by atoms with Gasteiger partial charge in [0.25, 0.3) is 0 Å². The van der Waals surface area contributed by atoms with Gasteiger partial charge in [0.2, 0.25) is 0 Å². The lowest BCUT2D eigenvalue weighted by atomic mass is 10.2. The van der Waals surface area contributed by atoms with E-state index in [1.165, 1.54) is 4.88 Å². The van der Waals surface area contributed by atoms with Gasteiger partial charge in [0, 0.05) is 55.9 Å². The summed E-state index contributed by atoms with van der Waals surface area (Å²) in [4.78, 5) is 36.8. The van der Waals surface area contributed by atoms with Crippen LogP contribution < -0.4 is 15.5 Å². The van der Waals surface area contributed by atoms with Gasteiger partial charge in [-0.05, 0) is 32.4 Å². The van der Waals surface area contributed by atoms with Crippen LogP contribution in [0.15, 0.2) is 30.3 Å². The zero-order valence-electron chi connectivity index (χ0n) is 17.4. The highest BCUT2D eigenvalue weighted by molar-refractivity contribution is 7.15. The number of likely N-dealkylation sites (tertiary alicyclic amines) is 1. The molecule has 8 nitrogen and oxygen atoms in total. The largest absolute Gasteiger partial charge is 0.345 e. The Morgan fingerprint density at radius 1 is 1.00 bits per heavy atom. The number of carbonyl (C=O) groups excluding carboxylic acids is 2. The first kappa shape index (κ1) is 20.5. The molecule has 160 valence electrons. The van der Waals surface area contributed by atoms with Gasteiger partial charge in [-0.25, -0.2) is 14.6 Å². The third-order valence-corrected chi connectivity index (χ3v) is 6.82. The molecule has 2 aliphatic rings. The van der Waals surface area contributed by atoms with Crippen LogP contribution in [0.1, 0.15) is 17.0 Å². The number of nitrogens with one attached hydrogen (secondary N) is 2. The molecule has 30 heavy (non-hydrogen) atoms. The molecule has 4 rings (SSSR count). The summed E-state index contributed by atoms with van der Waals surface area (Å²) in [5.41, 5.74) is 1.86. The van der Waals surface area contributed by atoms with Crippen LogP contribution in [-0.4, -0.2) is 72.2 Å². The number of aryl methyl sites for hydroxylation is 2. The first-order valence-electron chi connectivity index (χ1n) is 10.3. The molecule has 2 N–H and O–H groups in total. The van der Waals surface area contributed by atoms with Gasteiger partial charge < -0.3 is 25.3 Å². The van der Waals surface area contributed by atoms with Crippen molar-refractivity contribution in [3.8, 4) is 0 Å². The van der Waals surface area contributed by atoms with Crippen LogP contribution in [-0.2, 0) is 0 Å². The minimum absolute atomic E-state index is 0.0127. The molecule has 1 unspecified atom stereocenters. The lowest BCUT2D eigenvalue weighted by molar-refractivity contribution is 0.189. The van der Waals surface area contributed by atoms with Crippen molar-refractivity contribution in [2.45, 2.75) is 26.3 Å². The van der Waals surface area contributed by atoms with Gasteiger partial charge in [-0.3, -0.25) is 0 Å². The maximum absolute atomic E-state index is 12.7. The van der Waals surface area contributed by atoms with Gasteiger partial charge in [0.15, 0.2) is 5.13 Å². The molecule has 9 heteroatoms. The third-order valence-electron chi connectivity index (χ3n) is 5.68. The lowest BCUT2D eigenvalue weighted by Crippen LogP contribution is -2.54.